The zero-order valence-electron chi connectivity index (χ0n) is 11.8. The van der Waals surface area contributed by atoms with Crippen LogP contribution in [0.5, 0.6) is 5.75 Å². The first-order valence-electron chi connectivity index (χ1n) is 6.94. The summed E-state index contributed by atoms with van der Waals surface area (Å²) in [7, 11) is 3.96. The van der Waals surface area contributed by atoms with Gasteiger partial charge < -0.3 is 10.1 Å². The van der Waals surface area contributed by atoms with Gasteiger partial charge in [0.15, 0.2) is 0 Å². The summed E-state index contributed by atoms with van der Waals surface area (Å²) in [5.41, 5.74) is 1.25. The molecule has 1 heterocycles. The Bertz CT molecular complexity index is 403. The second kappa shape index (κ2) is 7.27. The molecule has 19 heavy (non-hydrogen) atoms. The SMILES string of the molecule is COc1ccc(Br)cc1CN(C)C1CCCNCC1. The Kier molecular flexibility index (Phi) is 5.67. The smallest absolute Gasteiger partial charge is 0.123 e. The molecule has 0 bridgehead atoms. The van der Waals surface area contributed by atoms with E-state index in [1.165, 1.54) is 24.8 Å². The monoisotopic (exact) mass is 326 g/mol. The van der Waals surface area contributed by atoms with Crippen molar-refractivity contribution in [1.29, 1.82) is 0 Å². The van der Waals surface area contributed by atoms with Crippen LogP contribution in [0.3, 0.4) is 0 Å². The fourth-order valence-corrected chi connectivity index (χ4v) is 3.12. The molecule has 106 valence electrons. The Morgan fingerprint density at radius 3 is 3.00 bits per heavy atom. The second-order valence-corrected chi connectivity index (χ2v) is 6.12. The zero-order chi connectivity index (χ0) is 13.7. The van der Waals surface area contributed by atoms with Crippen LogP contribution in [0.25, 0.3) is 0 Å². The van der Waals surface area contributed by atoms with Crippen molar-refractivity contribution < 1.29 is 4.74 Å². The number of benzene rings is 1. The van der Waals surface area contributed by atoms with E-state index in [4.69, 9.17) is 4.74 Å². The highest BCUT2D eigenvalue weighted by Gasteiger charge is 2.18. The van der Waals surface area contributed by atoms with E-state index in [1.807, 2.05) is 12.1 Å². The lowest BCUT2D eigenvalue weighted by Gasteiger charge is -2.27. The maximum absolute atomic E-state index is 5.45. The molecule has 1 N–H and O–H groups in total. The average Bonchev–Trinajstić information content (AvgIpc) is 2.68. The summed E-state index contributed by atoms with van der Waals surface area (Å²) in [6.07, 6.45) is 3.78. The molecule has 0 radical (unpaired) electrons. The largest absolute Gasteiger partial charge is 0.496 e. The lowest BCUT2D eigenvalue weighted by atomic mass is 10.1. The molecular formula is C15H23BrN2O. The van der Waals surface area contributed by atoms with Gasteiger partial charge in [0.25, 0.3) is 0 Å². The van der Waals surface area contributed by atoms with E-state index in [9.17, 15) is 0 Å². The normalized spacial score (nSPS) is 20.3. The van der Waals surface area contributed by atoms with Crippen molar-refractivity contribution in [2.45, 2.75) is 31.8 Å². The Hall–Kier alpha value is -0.580. The van der Waals surface area contributed by atoms with Crippen LogP contribution in [0.4, 0.5) is 0 Å². The fraction of sp³-hybridized carbons (Fsp3) is 0.600. The number of ether oxygens (including phenoxy) is 1. The Morgan fingerprint density at radius 2 is 2.21 bits per heavy atom. The van der Waals surface area contributed by atoms with Crippen LogP contribution in [0, 0.1) is 0 Å². The predicted octanol–water partition coefficient (Wildman–Crippen LogP) is 3.03. The van der Waals surface area contributed by atoms with Crippen molar-refractivity contribution in [1.82, 2.24) is 10.2 Å². The number of halogens is 1. The average molecular weight is 327 g/mol. The summed E-state index contributed by atoms with van der Waals surface area (Å²) in [5, 5.41) is 3.47. The highest BCUT2D eigenvalue weighted by Crippen LogP contribution is 2.25. The highest BCUT2D eigenvalue weighted by atomic mass is 79.9. The molecule has 1 aliphatic rings. The molecule has 0 aliphatic carbocycles. The van der Waals surface area contributed by atoms with E-state index >= 15 is 0 Å². The second-order valence-electron chi connectivity index (χ2n) is 5.21. The third kappa shape index (κ3) is 4.20. The van der Waals surface area contributed by atoms with E-state index in [0.717, 1.165) is 29.9 Å². The van der Waals surface area contributed by atoms with Gasteiger partial charge in [-0.25, -0.2) is 0 Å². The summed E-state index contributed by atoms with van der Waals surface area (Å²) >= 11 is 3.54. The minimum atomic E-state index is 0.665. The van der Waals surface area contributed by atoms with Crippen molar-refractivity contribution in [3.05, 3.63) is 28.2 Å². The minimum Gasteiger partial charge on any atom is -0.496 e. The third-order valence-electron chi connectivity index (χ3n) is 3.83. The number of nitrogens with one attached hydrogen (secondary N) is 1. The van der Waals surface area contributed by atoms with Crippen molar-refractivity contribution in [2.24, 2.45) is 0 Å². The Labute approximate surface area is 124 Å². The summed E-state index contributed by atoms with van der Waals surface area (Å²) in [5.74, 6) is 0.974. The van der Waals surface area contributed by atoms with Gasteiger partial charge in [-0.3, -0.25) is 4.90 Å². The number of rotatable bonds is 4. The molecule has 1 saturated heterocycles. The van der Waals surface area contributed by atoms with Gasteiger partial charge in [-0.05, 0) is 57.6 Å². The van der Waals surface area contributed by atoms with Crippen LogP contribution in [-0.4, -0.2) is 38.2 Å². The van der Waals surface area contributed by atoms with E-state index in [2.05, 4.69) is 39.3 Å². The van der Waals surface area contributed by atoms with E-state index < -0.39 is 0 Å². The van der Waals surface area contributed by atoms with Crippen molar-refractivity contribution in [3.8, 4) is 5.75 Å². The maximum Gasteiger partial charge on any atom is 0.123 e. The van der Waals surface area contributed by atoms with E-state index in [-0.39, 0.29) is 0 Å². The minimum absolute atomic E-state index is 0.665. The fourth-order valence-electron chi connectivity index (χ4n) is 2.71. The molecular weight excluding hydrogens is 304 g/mol. The third-order valence-corrected chi connectivity index (χ3v) is 4.32. The number of nitrogens with zero attached hydrogens (tertiary/aromatic N) is 1. The molecule has 1 aliphatic heterocycles. The van der Waals surface area contributed by atoms with Crippen LogP contribution >= 0.6 is 15.9 Å². The van der Waals surface area contributed by atoms with Gasteiger partial charge in [0, 0.05) is 22.6 Å². The molecule has 1 atom stereocenters. The molecule has 1 aromatic carbocycles. The summed E-state index contributed by atoms with van der Waals surface area (Å²) in [6, 6.07) is 6.88. The number of methoxy groups -OCH3 is 1. The molecule has 1 fully saturated rings. The van der Waals surface area contributed by atoms with Gasteiger partial charge in [-0.1, -0.05) is 15.9 Å². The molecule has 0 aromatic heterocycles. The first-order valence-corrected chi connectivity index (χ1v) is 7.73. The summed E-state index contributed by atoms with van der Waals surface area (Å²) < 4.78 is 6.56. The molecule has 0 spiro atoms. The van der Waals surface area contributed by atoms with Gasteiger partial charge in [0.2, 0.25) is 0 Å². The Morgan fingerprint density at radius 1 is 1.37 bits per heavy atom. The van der Waals surface area contributed by atoms with Crippen molar-refractivity contribution in [2.75, 3.05) is 27.2 Å². The first kappa shape index (κ1) is 14.8. The lowest BCUT2D eigenvalue weighted by Crippen LogP contribution is -2.32. The predicted molar refractivity (Wildman–Crippen MR) is 82.7 cm³/mol. The zero-order valence-corrected chi connectivity index (χ0v) is 13.4. The maximum atomic E-state index is 5.45. The highest BCUT2D eigenvalue weighted by molar-refractivity contribution is 9.10. The molecule has 1 aromatic rings. The van der Waals surface area contributed by atoms with E-state index in [0.29, 0.717) is 6.04 Å². The quantitative estimate of drug-likeness (QED) is 0.920. The van der Waals surface area contributed by atoms with Gasteiger partial charge in [0.1, 0.15) is 5.75 Å². The van der Waals surface area contributed by atoms with Crippen LogP contribution in [-0.2, 0) is 6.54 Å². The molecule has 0 saturated carbocycles. The van der Waals surface area contributed by atoms with Crippen molar-refractivity contribution >= 4 is 15.9 Å². The number of hydrogen-bond acceptors (Lipinski definition) is 3. The van der Waals surface area contributed by atoms with Gasteiger partial charge in [-0.15, -0.1) is 0 Å². The van der Waals surface area contributed by atoms with Crippen LogP contribution in [0.15, 0.2) is 22.7 Å². The molecule has 1 unspecified atom stereocenters. The van der Waals surface area contributed by atoms with Gasteiger partial charge in [-0.2, -0.15) is 0 Å². The topological polar surface area (TPSA) is 24.5 Å². The van der Waals surface area contributed by atoms with Crippen LogP contribution in [0.1, 0.15) is 24.8 Å². The van der Waals surface area contributed by atoms with Crippen molar-refractivity contribution in [3.63, 3.8) is 0 Å². The van der Waals surface area contributed by atoms with Crippen LogP contribution in [0.2, 0.25) is 0 Å². The Balaban J connectivity index is 2.04. The van der Waals surface area contributed by atoms with E-state index in [1.54, 1.807) is 7.11 Å². The molecule has 2 rings (SSSR count). The molecule has 4 heteroatoms. The first-order chi connectivity index (χ1) is 9.20. The summed E-state index contributed by atoms with van der Waals surface area (Å²) in [6.45, 7) is 3.22. The lowest BCUT2D eigenvalue weighted by molar-refractivity contribution is 0.214. The summed E-state index contributed by atoms with van der Waals surface area (Å²) in [4.78, 5) is 2.46. The molecule has 0 amide bonds. The van der Waals surface area contributed by atoms with Crippen LogP contribution < -0.4 is 10.1 Å². The van der Waals surface area contributed by atoms with Gasteiger partial charge >= 0.3 is 0 Å². The van der Waals surface area contributed by atoms with Gasteiger partial charge in [0.05, 0.1) is 7.11 Å². The molecule has 3 nitrogen and oxygen atoms in total. The number of hydrogen-bond donors (Lipinski definition) is 1. The standard InChI is InChI=1S/C15H23BrN2O/c1-18(14-4-3-8-17-9-7-14)11-12-10-13(16)5-6-15(12)19-2/h5-6,10,14,17H,3-4,7-9,11H2,1-2H3.